The molecule has 2 heterocycles. The molecule has 0 radical (unpaired) electrons. The van der Waals surface area contributed by atoms with Gasteiger partial charge in [-0.25, -0.2) is 9.50 Å². The molecule has 1 N–H and O–H groups in total. The summed E-state index contributed by atoms with van der Waals surface area (Å²) in [5.41, 5.74) is 0.575. The molecule has 0 aliphatic carbocycles. The summed E-state index contributed by atoms with van der Waals surface area (Å²) in [6.45, 7) is 1.87. The first kappa shape index (κ1) is 21.6. The predicted molar refractivity (Wildman–Crippen MR) is 114 cm³/mol. The van der Waals surface area contributed by atoms with Crippen molar-refractivity contribution in [2.24, 2.45) is 0 Å². The summed E-state index contributed by atoms with van der Waals surface area (Å²) >= 11 is 6.05. The van der Waals surface area contributed by atoms with Crippen LogP contribution in [0.5, 0.6) is 5.75 Å². The number of benzene rings is 2. The van der Waals surface area contributed by atoms with Crippen LogP contribution in [0.1, 0.15) is 21.7 Å². The van der Waals surface area contributed by atoms with Gasteiger partial charge in [-0.1, -0.05) is 41.4 Å². The topological polar surface area (TPSA) is 68.5 Å². The summed E-state index contributed by atoms with van der Waals surface area (Å²) in [4.78, 5) is 16.9. The van der Waals surface area contributed by atoms with Crippen LogP contribution >= 0.6 is 11.6 Å². The van der Waals surface area contributed by atoms with E-state index in [4.69, 9.17) is 16.3 Å². The third kappa shape index (κ3) is 4.24. The molecule has 0 bridgehead atoms. The zero-order valence-corrected chi connectivity index (χ0v) is 17.6. The number of anilines is 1. The van der Waals surface area contributed by atoms with Crippen molar-refractivity contribution in [1.29, 1.82) is 0 Å². The van der Waals surface area contributed by atoms with Gasteiger partial charge in [-0.3, -0.25) is 4.79 Å². The molecular weight excluding hydrogens is 445 g/mol. The van der Waals surface area contributed by atoms with E-state index in [9.17, 15) is 18.0 Å². The van der Waals surface area contributed by atoms with Gasteiger partial charge in [0.15, 0.2) is 17.0 Å². The molecule has 0 fully saturated rings. The lowest BCUT2D eigenvalue weighted by Crippen LogP contribution is -2.15. The summed E-state index contributed by atoms with van der Waals surface area (Å²) in [6.07, 6.45) is -4.70. The third-order valence-electron chi connectivity index (χ3n) is 4.71. The van der Waals surface area contributed by atoms with E-state index in [0.29, 0.717) is 21.5 Å². The molecule has 0 atom stereocenters. The number of rotatable bonds is 4. The highest BCUT2D eigenvalue weighted by molar-refractivity contribution is 6.32. The third-order valence-corrected chi connectivity index (χ3v) is 5.00. The Balaban J connectivity index is 1.74. The average Bonchev–Trinajstić information content (AvgIpc) is 3.17. The minimum atomic E-state index is -4.70. The maximum Gasteiger partial charge on any atom is 0.433 e. The fourth-order valence-corrected chi connectivity index (χ4v) is 3.36. The van der Waals surface area contributed by atoms with Crippen LogP contribution in [0.3, 0.4) is 0 Å². The molecular formula is C22H16ClF3N4O2. The normalized spacial score (nSPS) is 11.6. The number of nitrogens with one attached hydrogen (secondary N) is 1. The van der Waals surface area contributed by atoms with Crippen LogP contribution in [0.2, 0.25) is 5.02 Å². The van der Waals surface area contributed by atoms with Gasteiger partial charge in [-0.15, -0.1) is 0 Å². The zero-order chi connectivity index (χ0) is 23.0. The molecule has 10 heteroatoms. The number of alkyl halides is 3. The molecule has 6 nitrogen and oxygen atoms in total. The van der Waals surface area contributed by atoms with E-state index in [0.717, 1.165) is 11.6 Å². The lowest BCUT2D eigenvalue weighted by molar-refractivity contribution is -0.142. The summed E-state index contributed by atoms with van der Waals surface area (Å²) < 4.78 is 46.9. The SMILES string of the molecule is COc1ccc(NC(=O)c2cc3nc(-c4ccc(C)cc4)cc(C(F)(F)F)n3n2)cc1Cl. The van der Waals surface area contributed by atoms with Gasteiger partial charge in [0.05, 0.1) is 17.8 Å². The monoisotopic (exact) mass is 460 g/mol. The standard InChI is InChI=1S/C22H16ClF3N4O2/c1-12-3-5-13(6-4-12)16-10-19(22(24,25)26)30-20(28-16)11-17(29-30)21(31)27-14-7-8-18(32-2)15(23)9-14/h3-11H,1-2H3,(H,27,31). The van der Waals surface area contributed by atoms with Crippen LogP contribution in [0.4, 0.5) is 18.9 Å². The molecule has 4 rings (SSSR count). The number of nitrogens with zero attached hydrogens (tertiary/aromatic N) is 3. The van der Waals surface area contributed by atoms with Crippen LogP contribution in [0, 0.1) is 6.92 Å². The van der Waals surface area contributed by atoms with Crippen LogP contribution < -0.4 is 10.1 Å². The molecule has 164 valence electrons. The number of methoxy groups -OCH3 is 1. The molecule has 0 aliphatic rings. The Morgan fingerprint density at radius 2 is 1.81 bits per heavy atom. The van der Waals surface area contributed by atoms with E-state index < -0.39 is 17.8 Å². The molecule has 4 aromatic rings. The van der Waals surface area contributed by atoms with Gasteiger partial charge in [0, 0.05) is 17.3 Å². The number of hydrogen-bond donors (Lipinski definition) is 1. The number of aromatic nitrogens is 3. The van der Waals surface area contributed by atoms with Crippen molar-refractivity contribution in [3.8, 4) is 17.0 Å². The molecule has 0 saturated carbocycles. The average molecular weight is 461 g/mol. The summed E-state index contributed by atoms with van der Waals surface area (Å²) in [5.74, 6) is -0.290. The Morgan fingerprint density at radius 3 is 2.44 bits per heavy atom. The predicted octanol–water partition coefficient (Wildman–Crippen LogP) is 5.64. The lowest BCUT2D eigenvalue weighted by Gasteiger charge is -2.11. The van der Waals surface area contributed by atoms with Crippen molar-refractivity contribution in [1.82, 2.24) is 14.6 Å². The van der Waals surface area contributed by atoms with Crippen molar-refractivity contribution in [3.63, 3.8) is 0 Å². The molecule has 2 aromatic carbocycles. The van der Waals surface area contributed by atoms with Crippen molar-refractivity contribution in [2.45, 2.75) is 13.1 Å². The summed E-state index contributed by atoms with van der Waals surface area (Å²) in [7, 11) is 1.45. The van der Waals surface area contributed by atoms with Gasteiger partial charge >= 0.3 is 6.18 Å². The lowest BCUT2D eigenvalue weighted by atomic mass is 10.1. The largest absolute Gasteiger partial charge is 0.495 e. The van der Waals surface area contributed by atoms with E-state index in [1.807, 2.05) is 6.92 Å². The van der Waals surface area contributed by atoms with Crippen LogP contribution in [-0.2, 0) is 6.18 Å². The van der Waals surface area contributed by atoms with E-state index in [1.165, 1.54) is 19.2 Å². The van der Waals surface area contributed by atoms with Crippen molar-refractivity contribution >= 4 is 28.8 Å². The molecule has 2 aromatic heterocycles. The number of ether oxygens (including phenoxy) is 1. The van der Waals surface area contributed by atoms with Crippen molar-refractivity contribution in [3.05, 3.63) is 76.6 Å². The number of aryl methyl sites for hydroxylation is 1. The Morgan fingerprint density at radius 1 is 1.09 bits per heavy atom. The number of fused-ring (bicyclic) bond motifs is 1. The molecule has 0 unspecified atom stereocenters. The van der Waals surface area contributed by atoms with Crippen molar-refractivity contribution < 1.29 is 22.7 Å². The van der Waals surface area contributed by atoms with Crippen LogP contribution in [0.25, 0.3) is 16.9 Å². The second-order valence-corrected chi connectivity index (χ2v) is 7.40. The van der Waals surface area contributed by atoms with Crippen molar-refractivity contribution in [2.75, 3.05) is 12.4 Å². The van der Waals surface area contributed by atoms with Crippen LogP contribution in [-0.4, -0.2) is 27.6 Å². The van der Waals surface area contributed by atoms with E-state index in [2.05, 4.69) is 15.4 Å². The highest BCUT2D eigenvalue weighted by Gasteiger charge is 2.35. The number of carbonyl (C=O) groups is 1. The summed E-state index contributed by atoms with van der Waals surface area (Å²) in [6, 6.07) is 13.6. The second-order valence-electron chi connectivity index (χ2n) is 6.99. The first-order valence-electron chi connectivity index (χ1n) is 9.35. The van der Waals surface area contributed by atoms with Gasteiger partial charge in [-0.05, 0) is 31.2 Å². The molecule has 1 amide bonds. The fraction of sp³-hybridized carbons (Fsp3) is 0.136. The highest BCUT2D eigenvalue weighted by atomic mass is 35.5. The van der Waals surface area contributed by atoms with Gasteiger partial charge in [-0.2, -0.15) is 18.3 Å². The van der Waals surface area contributed by atoms with Gasteiger partial charge in [0.2, 0.25) is 0 Å². The first-order valence-corrected chi connectivity index (χ1v) is 9.73. The maximum absolute atomic E-state index is 13.7. The zero-order valence-electron chi connectivity index (χ0n) is 16.9. The highest BCUT2D eigenvalue weighted by Crippen LogP contribution is 2.33. The van der Waals surface area contributed by atoms with Gasteiger partial charge < -0.3 is 10.1 Å². The molecule has 0 spiro atoms. The molecule has 0 saturated heterocycles. The quantitative estimate of drug-likeness (QED) is 0.428. The Kier molecular flexibility index (Phi) is 5.52. The number of hydrogen-bond acceptors (Lipinski definition) is 4. The van der Waals surface area contributed by atoms with E-state index in [-0.39, 0.29) is 22.1 Å². The Labute approximate surface area is 185 Å². The van der Waals surface area contributed by atoms with E-state index >= 15 is 0 Å². The summed E-state index contributed by atoms with van der Waals surface area (Å²) in [5, 5.41) is 6.67. The molecule has 0 aliphatic heterocycles. The Bertz CT molecular complexity index is 1320. The second kappa shape index (κ2) is 8.16. The first-order chi connectivity index (χ1) is 15.2. The minimum Gasteiger partial charge on any atom is -0.495 e. The fourth-order valence-electron chi connectivity index (χ4n) is 3.10. The maximum atomic E-state index is 13.7. The minimum absolute atomic E-state index is 0.103. The number of halogens is 4. The number of carbonyl (C=O) groups excluding carboxylic acids is 1. The Hall–Kier alpha value is -3.59. The van der Waals surface area contributed by atoms with Crippen LogP contribution in [0.15, 0.2) is 54.6 Å². The number of amides is 1. The smallest absolute Gasteiger partial charge is 0.433 e. The van der Waals surface area contributed by atoms with Gasteiger partial charge in [0.1, 0.15) is 5.75 Å². The van der Waals surface area contributed by atoms with Gasteiger partial charge in [0.25, 0.3) is 5.91 Å². The van der Waals surface area contributed by atoms with E-state index in [1.54, 1.807) is 36.4 Å². The molecule has 32 heavy (non-hydrogen) atoms.